The summed E-state index contributed by atoms with van der Waals surface area (Å²) >= 11 is 0. The van der Waals surface area contributed by atoms with Crippen molar-refractivity contribution in [2.45, 2.75) is 5.41 Å². The maximum absolute atomic E-state index is 2.37. The maximum Gasteiger partial charge on any atom is 0.0641 e. The summed E-state index contributed by atoms with van der Waals surface area (Å²) in [7, 11) is 0. The van der Waals surface area contributed by atoms with Crippen molar-refractivity contribution in [3.05, 3.63) is 131 Å². The molecule has 25 heavy (non-hydrogen) atoms. The van der Waals surface area contributed by atoms with Crippen molar-refractivity contribution < 1.29 is 0 Å². The second kappa shape index (κ2) is 5.46. The van der Waals surface area contributed by atoms with E-state index in [0.717, 1.165) is 0 Å². The summed E-state index contributed by atoms with van der Waals surface area (Å²) in [6.07, 6.45) is 9.18. The molecule has 0 N–H and O–H groups in total. The van der Waals surface area contributed by atoms with Gasteiger partial charge in [-0.25, -0.2) is 0 Å². The molecule has 0 saturated carbocycles. The van der Waals surface area contributed by atoms with Crippen LogP contribution in [-0.2, 0) is 5.41 Å². The Balaban J connectivity index is 1.82. The molecule has 3 aromatic rings. The van der Waals surface area contributed by atoms with Crippen LogP contribution < -0.4 is 0 Å². The highest BCUT2D eigenvalue weighted by atomic mass is 14.4. The highest BCUT2D eigenvalue weighted by Gasteiger charge is 2.41. The van der Waals surface area contributed by atoms with E-state index in [4.69, 9.17) is 0 Å². The Morgan fingerprint density at radius 3 is 1.88 bits per heavy atom. The van der Waals surface area contributed by atoms with Crippen LogP contribution >= 0.6 is 0 Å². The summed E-state index contributed by atoms with van der Waals surface area (Å²) in [5.41, 5.74) is 7.72. The van der Waals surface area contributed by atoms with Crippen LogP contribution in [0, 0.1) is 0 Å². The Labute approximate surface area is 148 Å². The fourth-order valence-electron chi connectivity index (χ4n) is 4.20. The van der Waals surface area contributed by atoms with Crippen LogP contribution in [0.4, 0.5) is 0 Å². The molecule has 5 rings (SSSR count). The van der Waals surface area contributed by atoms with Crippen molar-refractivity contribution in [2.24, 2.45) is 0 Å². The molecular weight excluding hydrogens is 300 g/mol. The molecule has 0 radical (unpaired) electrons. The molecular formula is C25H18. The van der Waals surface area contributed by atoms with E-state index in [0.29, 0.717) is 0 Å². The number of benzene rings is 3. The minimum Gasteiger partial charge on any atom is -0.0652 e. The average molecular weight is 318 g/mol. The van der Waals surface area contributed by atoms with Gasteiger partial charge in [0.1, 0.15) is 0 Å². The monoisotopic (exact) mass is 318 g/mol. The zero-order chi connectivity index (χ0) is 16.7. The van der Waals surface area contributed by atoms with Crippen LogP contribution in [0.2, 0.25) is 0 Å². The van der Waals surface area contributed by atoms with E-state index in [-0.39, 0.29) is 5.41 Å². The molecule has 0 bridgehead atoms. The number of fused-ring (bicyclic) bond motifs is 3. The number of allylic oxidation sites excluding steroid dienone is 5. The molecule has 0 saturated heterocycles. The quantitative estimate of drug-likeness (QED) is 0.542. The van der Waals surface area contributed by atoms with Crippen LogP contribution in [0.1, 0.15) is 22.3 Å². The predicted molar refractivity (Wildman–Crippen MR) is 105 cm³/mol. The van der Waals surface area contributed by atoms with Gasteiger partial charge in [0.15, 0.2) is 0 Å². The smallest absolute Gasteiger partial charge is 0.0641 e. The van der Waals surface area contributed by atoms with Crippen LogP contribution in [0.15, 0.2) is 109 Å². The Hall–Kier alpha value is -3.12. The summed E-state index contributed by atoms with van der Waals surface area (Å²) in [5, 5.41) is 0. The second-order valence-corrected chi connectivity index (χ2v) is 6.62. The molecule has 2 aliphatic rings. The van der Waals surface area contributed by atoms with E-state index in [9.17, 15) is 0 Å². The van der Waals surface area contributed by atoms with Gasteiger partial charge < -0.3 is 0 Å². The Morgan fingerprint density at radius 1 is 0.600 bits per heavy atom. The first-order valence-electron chi connectivity index (χ1n) is 8.72. The van der Waals surface area contributed by atoms with Gasteiger partial charge in [-0.3, -0.25) is 0 Å². The summed E-state index contributed by atoms with van der Waals surface area (Å²) in [5.74, 6) is 0. The molecule has 0 nitrogen and oxygen atoms in total. The van der Waals surface area contributed by atoms with Gasteiger partial charge in [-0.05, 0) is 39.5 Å². The van der Waals surface area contributed by atoms with Crippen molar-refractivity contribution in [2.75, 3.05) is 0 Å². The van der Waals surface area contributed by atoms with Crippen molar-refractivity contribution in [3.8, 4) is 0 Å². The van der Waals surface area contributed by atoms with Crippen molar-refractivity contribution in [1.82, 2.24) is 0 Å². The third-order valence-electron chi connectivity index (χ3n) is 5.33. The first-order valence-corrected chi connectivity index (χ1v) is 8.72. The molecule has 2 aliphatic carbocycles. The number of rotatable bonds is 2. The lowest BCUT2D eigenvalue weighted by Crippen LogP contribution is -2.29. The topological polar surface area (TPSA) is 0 Å². The van der Waals surface area contributed by atoms with E-state index < -0.39 is 0 Å². The fourth-order valence-corrected chi connectivity index (χ4v) is 4.20. The minimum absolute atomic E-state index is 0.244. The Bertz CT molecular complexity index is 978. The van der Waals surface area contributed by atoms with E-state index in [1.54, 1.807) is 0 Å². The normalized spacial score (nSPS) is 16.6. The molecule has 0 unspecified atom stereocenters. The molecule has 0 heterocycles. The molecule has 0 amide bonds. The first-order chi connectivity index (χ1) is 12.4. The molecule has 0 aliphatic heterocycles. The molecule has 0 fully saturated rings. The third kappa shape index (κ3) is 2.01. The second-order valence-electron chi connectivity index (χ2n) is 6.62. The standard InChI is InChI=1S/C25H18/c1-3-11-20(12-4-1)25(21-13-5-2-6-14-21)17-9-16-23-22-15-8-7-10-19(22)18-24(23)25/h1-18H. The minimum atomic E-state index is -0.244. The summed E-state index contributed by atoms with van der Waals surface area (Å²) in [4.78, 5) is 0. The maximum atomic E-state index is 2.37. The third-order valence-corrected chi connectivity index (χ3v) is 5.33. The van der Waals surface area contributed by atoms with Crippen LogP contribution in [0.3, 0.4) is 0 Å². The highest BCUT2D eigenvalue weighted by Crippen LogP contribution is 2.52. The largest absolute Gasteiger partial charge is 0.0652 e. The molecule has 0 spiro atoms. The summed E-state index contributed by atoms with van der Waals surface area (Å²) in [6.45, 7) is 0. The first kappa shape index (κ1) is 14.2. The fraction of sp³-hybridized carbons (Fsp3) is 0.0400. The average Bonchev–Trinajstić information content (AvgIpc) is 3.08. The lowest BCUT2D eigenvalue weighted by Gasteiger charge is -2.36. The van der Waals surface area contributed by atoms with Gasteiger partial charge in [-0.1, -0.05) is 103 Å². The van der Waals surface area contributed by atoms with E-state index in [1.807, 2.05) is 0 Å². The SMILES string of the molecule is C1=CC(c2ccccc2)(c2ccccc2)C2=Cc3ccccc3C2=C1. The number of hydrogen-bond acceptors (Lipinski definition) is 0. The Kier molecular flexibility index (Phi) is 3.11. The van der Waals surface area contributed by atoms with Gasteiger partial charge in [-0.15, -0.1) is 0 Å². The lowest BCUT2D eigenvalue weighted by molar-refractivity contribution is 0.785. The molecule has 3 aromatic carbocycles. The Morgan fingerprint density at radius 2 is 1.20 bits per heavy atom. The molecule has 0 aromatic heterocycles. The summed E-state index contributed by atoms with van der Waals surface area (Å²) in [6, 6.07) is 30.4. The van der Waals surface area contributed by atoms with Gasteiger partial charge >= 0.3 is 0 Å². The van der Waals surface area contributed by atoms with Crippen molar-refractivity contribution in [3.63, 3.8) is 0 Å². The zero-order valence-corrected chi connectivity index (χ0v) is 13.9. The van der Waals surface area contributed by atoms with Gasteiger partial charge in [0.25, 0.3) is 0 Å². The van der Waals surface area contributed by atoms with E-state index in [1.165, 1.54) is 33.4 Å². The molecule has 0 atom stereocenters. The van der Waals surface area contributed by atoms with Crippen molar-refractivity contribution in [1.29, 1.82) is 0 Å². The number of hydrogen-bond donors (Lipinski definition) is 0. The van der Waals surface area contributed by atoms with Crippen LogP contribution in [0.5, 0.6) is 0 Å². The lowest BCUT2D eigenvalue weighted by atomic mass is 9.65. The van der Waals surface area contributed by atoms with Gasteiger partial charge in [0.05, 0.1) is 5.41 Å². The van der Waals surface area contributed by atoms with E-state index >= 15 is 0 Å². The van der Waals surface area contributed by atoms with E-state index in [2.05, 4.69) is 109 Å². The summed E-state index contributed by atoms with van der Waals surface area (Å²) < 4.78 is 0. The van der Waals surface area contributed by atoms with Crippen LogP contribution in [0.25, 0.3) is 11.6 Å². The highest BCUT2D eigenvalue weighted by molar-refractivity contribution is 5.99. The zero-order valence-electron chi connectivity index (χ0n) is 13.9. The molecule has 0 heteroatoms. The predicted octanol–water partition coefficient (Wildman–Crippen LogP) is 6.02. The van der Waals surface area contributed by atoms with Gasteiger partial charge in [0, 0.05) is 0 Å². The van der Waals surface area contributed by atoms with Gasteiger partial charge in [0.2, 0.25) is 0 Å². The molecule has 118 valence electrons. The van der Waals surface area contributed by atoms with Crippen molar-refractivity contribution >= 4 is 11.6 Å². The van der Waals surface area contributed by atoms with Crippen LogP contribution in [-0.4, -0.2) is 0 Å². The van der Waals surface area contributed by atoms with Gasteiger partial charge in [-0.2, -0.15) is 0 Å².